The Morgan fingerprint density at radius 3 is 2.86 bits per heavy atom. The molecule has 1 aliphatic rings. The molecular weight excluding hydrogens is 460 g/mol. The summed E-state index contributed by atoms with van der Waals surface area (Å²) in [5, 5.41) is 13.1. The van der Waals surface area contributed by atoms with Crippen LogP contribution >= 0.6 is 11.3 Å². The highest BCUT2D eigenvalue weighted by atomic mass is 32.1. The SMILES string of the molecule is CCOc1ccccc1C=CC(=O)Nc1sc2c(c1C#N)CCN(C(=O)CCc1ccccn1)C2. The lowest BCUT2D eigenvalue weighted by molar-refractivity contribution is -0.132. The van der Waals surface area contributed by atoms with E-state index in [0.29, 0.717) is 55.3 Å². The van der Waals surface area contributed by atoms with Crippen LogP contribution in [0.1, 0.15) is 40.6 Å². The number of carbonyl (C=O) groups is 2. The first-order valence-corrected chi connectivity index (χ1v) is 12.3. The molecule has 1 aromatic carbocycles. The molecule has 2 amide bonds. The Kier molecular flexibility index (Phi) is 7.91. The van der Waals surface area contributed by atoms with Crippen LogP contribution in [-0.2, 0) is 29.0 Å². The maximum Gasteiger partial charge on any atom is 0.249 e. The van der Waals surface area contributed by atoms with Crippen molar-refractivity contribution in [3.63, 3.8) is 0 Å². The molecule has 35 heavy (non-hydrogen) atoms. The van der Waals surface area contributed by atoms with Gasteiger partial charge in [0, 0.05) is 41.4 Å². The number of benzene rings is 1. The van der Waals surface area contributed by atoms with Gasteiger partial charge in [-0.3, -0.25) is 14.6 Å². The van der Waals surface area contributed by atoms with Gasteiger partial charge < -0.3 is 15.0 Å². The van der Waals surface area contributed by atoms with Crippen LogP contribution in [0.2, 0.25) is 0 Å². The second kappa shape index (κ2) is 11.4. The zero-order valence-electron chi connectivity index (χ0n) is 19.5. The predicted octanol–water partition coefficient (Wildman–Crippen LogP) is 4.58. The molecule has 0 bridgehead atoms. The first-order chi connectivity index (χ1) is 17.1. The largest absolute Gasteiger partial charge is 0.493 e. The minimum atomic E-state index is -0.324. The van der Waals surface area contributed by atoms with Crippen molar-refractivity contribution in [1.29, 1.82) is 5.26 Å². The number of amides is 2. The minimum absolute atomic E-state index is 0.0645. The Morgan fingerprint density at radius 2 is 2.09 bits per heavy atom. The molecule has 1 N–H and O–H groups in total. The van der Waals surface area contributed by atoms with Crippen LogP contribution in [0.25, 0.3) is 6.08 Å². The van der Waals surface area contributed by atoms with E-state index >= 15 is 0 Å². The number of fused-ring (bicyclic) bond motifs is 1. The highest BCUT2D eigenvalue weighted by molar-refractivity contribution is 7.16. The zero-order valence-corrected chi connectivity index (χ0v) is 20.3. The molecule has 0 fully saturated rings. The van der Waals surface area contributed by atoms with E-state index in [4.69, 9.17) is 4.74 Å². The molecule has 4 rings (SSSR count). The zero-order chi connectivity index (χ0) is 24.6. The van der Waals surface area contributed by atoms with Crippen LogP contribution < -0.4 is 10.1 Å². The lowest BCUT2D eigenvalue weighted by atomic mass is 10.0. The van der Waals surface area contributed by atoms with E-state index in [2.05, 4.69) is 16.4 Å². The summed E-state index contributed by atoms with van der Waals surface area (Å²) in [4.78, 5) is 32.4. The van der Waals surface area contributed by atoms with E-state index in [1.165, 1.54) is 17.4 Å². The molecular formula is C27H26N4O3S. The van der Waals surface area contributed by atoms with Gasteiger partial charge in [0.15, 0.2) is 0 Å². The average Bonchev–Trinajstić information content (AvgIpc) is 3.23. The molecule has 3 heterocycles. The number of thiophene rings is 1. The molecule has 7 nitrogen and oxygen atoms in total. The fraction of sp³-hybridized carbons (Fsp3) is 0.259. The highest BCUT2D eigenvalue weighted by Crippen LogP contribution is 2.37. The number of para-hydroxylation sites is 1. The number of nitrogens with one attached hydrogen (secondary N) is 1. The summed E-state index contributed by atoms with van der Waals surface area (Å²) in [6.07, 6.45) is 6.44. The van der Waals surface area contributed by atoms with E-state index in [0.717, 1.165) is 21.7 Å². The predicted molar refractivity (Wildman–Crippen MR) is 136 cm³/mol. The number of aromatic nitrogens is 1. The Labute approximate surface area is 208 Å². The molecule has 8 heteroatoms. The Balaban J connectivity index is 1.41. The minimum Gasteiger partial charge on any atom is -0.493 e. The number of rotatable bonds is 8. The molecule has 0 unspecified atom stereocenters. The molecule has 0 saturated heterocycles. The van der Waals surface area contributed by atoms with Crippen molar-refractivity contribution < 1.29 is 14.3 Å². The first-order valence-electron chi connectivity index (χ1n) is 11.5. The molecule has 178 valence electrons. The quantitative estimate of drug-likeness (QED) is 0.470. The molecule has 0 aliphatic carbocycles. The summed E-state index contributed by atoms with van der Waals surface area (Å²) in [5.74, 6) is 0.445. The number of carbonyl (C=O) groups excluding carboxylic acids is 2. The second-order valence-electron chi connectivity index (χ2n) is 8.00. The molecule has 3 aromatic rings. The normalized spacial score (nSPS) is 12.7. The van der Waals surface area contributed by atoms with Gasteiger partial charge in [-0.25, -0.2) is 0 Å². The van der Waals surface area contributed by atoms with Gasteiger partial charge in [0.05, 0.1) is 18.7 Å². The lowest BCUT2D eigenvalue weighted by Crippen LogP contribution is -2.35. The van der Waals surface area contributed by atoms with Crippen LogP contribution in [0.15, 0.2) is 54.7 Å². The van der Waals surface area contributed by atoms with E-state index in [-0.39, 0.29) is 11.8 Å². The number of anilines is 1. The maximum atomic E-state index is 12.8. The molecule has 0 spiro atoms. The van der Waals surface area contributed by atoms with Crippen molar-refractivity contribution in [2.24, 2.45) is 0 Å². The van der Waals surface area contributed by atoms with Gasteiger partial charge in [-0.1, -0.05) is 24.3 Å². The van der Waals surface area contributed by atoms with Crippen LogP contribution in [0, 0.1) is 11.3 Å². The van der Waals surface area contributed by atoms with E-state index in [9.17, 15) is 14.9 Å². The summed E-state index contributed by atoms with van der Waals surface area (Å²) in [6, 6.07) is 15.4. The van der Waals surface area contributed by atoms with Gasteiger partial charge in [0.2, 0.25) is 11.8 Å². The fourth-order valence-corrected chi connectivity index (χ4v) is 5.20. The second-order valence-corrected chi connectivity index (χ2v) is 9.10. The maximum absolute atomic E-state index is 12.8. The van der Waals surface area contributed by atoms with Crippen LogP contribution in [0.5, 0.6) is 5.75 Å². The van der Waals surface area contributed by atoms with Gasteiger partial charge in [0.25, 0.3) is 0 Å². The summed E-state index contributed by atoms with van der Waals surface area (Å²) >= 11 is 1.36. The molecule has 0 radical (unpaired) electrons. The van der Waals surface area contributed by atoms with Crippen LogP contribution in [0.4, 0.5) is 5.00 Å². The Hall–Kier alpha value is -3.96. The van der Waals surface area contributed by atoms with Crippen LogP contribution in [-0.4, -0.2) is 34.8 Å². The van der Waals surface area contributed by atoms with Gasteiger partial charge >= 0.3 is 0 Å². The Morgan fingerprint density at radius 1 is 1.26 bits per heavy atom. The monoisotopic (exact) mass is 486 g/mol. The van der Waals surface area contributed by atoms with Crippen molar-refractivity contribution in [2.75, 3.05) is 18.5 Å². The average molecular weight is 487 g/mol. The smallest absolute Gasteiger partial charge is 0.249 e. The molecule has 0 saturated carbocycles. The summed E-state index contributed by atoms with van der Waals surface area (Å²) < 4.78 is 5.59. The Bertz CT molecular complexity index is 1280. The van der Waals surface area contributed by atoms with Crippen molar-refractivity contribution in [3.05, 3.63) is 82.0 Å². The van der Waals surface area contributed by atoms with Gasteiger partial charge in [0.1, 0.15) is 16.8 Å². The van der Waals surface area contributed by atoms with Gasteiger partial charge in [-0.15, -0.1) is 11.3 Å². The molecule has 2 aromatic heterocycles. The highest BCUT2D eigenvalue weighted by Gasteiger charge is 2.27. The number of ether oxygens (including phenoxy) is 1. The lowest BCUT2D eigenvalue weighted by Gasteiger charge is -2.27. The van der Waals surface area contributed by atoms with Gasteiger partial charge in [-0.05, 0) is 49.6 Å². The van der Waals surface area contributed by atoms with E-state index in [1.54, 1.807) is 12.3 Å². The van der Waals surface area contributed by atoms with Crippen molar-refractivity contribution >= 4 is 34.2 Å². The van der Waals surface area contributed by atoms with Crippen molar-refractivity contribution in [1.82, 2.24) is 9.88 Å². The van der Waals surface area contributed by atoms with Crippen molar-refractivity contribution in [2.45, 2.75) is 32.7 Å². The van der Waals surface area contributed by atoms with Gasteiger partial charge in [-0.2, -0.15) is 5.26 Å². The number of nitrogens with zero attached hydrogens (tertiary/aromatic N) is 3. The number of hydrogen-bond acceptors (Lipinski definition) is 6. The third kappa shape index (κ3) is 5.94. The first kappa shape index (κ1) is 24.2. The third-order valence-electron chi connectivity index (χ3n) is 5.71. The summed E-state index contributed by atoms with van der Waals surface area (Å²) in [7, 11) is 0. The van der Waals surface area contributed by atoms with Crippen LogP contribution in [0.3, 0.4) is 0 Å². The molecule has 1 aliphatic heterocycles. The third-order valence-corrected chi connectivity index (χ3v) is 6.84. The molecule has 0 atom stereocenters. The number of hydrogen-bond donors (Lipinski definition) is 1. The standard InChI is InChI=1S/C27H26N4O3S/c1-2-34-23-9-4-3-7-19(23)10-12-25(32)30-27-22(17-28)21-14-16-31(18-24(21)35-27)26(33)13-11-20-8-5-6-15-29-20/h3-10,12,15H,2,11,13-14,16,18H2,1H3,(H,30,32). The van der Waals surface area contributed by atoms with E-state index in [1.807, 2.05) is 54.3 Å². The number of aryl methyl sites for hydroxylation is 1. The fourth-order valence-electron chi connectivity index (χ4n) is 3.99. The summed E-state index contributed by atoms with van der Waals surface area (Å²) in [6.45, 7) is 3.44. The number of nitriles is 1. The van der Waals surface area contributed by atoms with E-state index < -0.39 is 0 Å². The summed E-state index contributed by atoms with van der Waals surface area (Å²) in [5.41, 5.74) is 3.10. The number of pyridine rings is 1. The topological polar surface area (TPSA) is 95.3 Å². The van der Waals surface area contributed by atoms with Crippen molar-refractivity contribution in [3.8, 4) is 11.8 Å².